The molecule has 1 fully saturated rings. The Hall–Kier alpha value is -0.480. The summed E-state index contributed by atoms with van der Waals surface area (Å²) in [4.78, 5) is 0. The van der Waals surface area contributed by atoms with Crippen LogP contribution in [0.15, 0.2) is 12.4 Å². The van der Waals surface area contributed by atoms with Gasteiger partial charge in [0.05, 0.1) is 6.20 Å². The molecule has 0 aliphatic carbocycles. The zero-order valence-electron chi connectivity index (χ0n) is 10.1. The lowest BCUT2D eigenvalue weighted by atomic mass is 10.1. The molecule has 1 N–H and O–H groups in total. The number of hydrogen-bond acceptors (Lipinski definition) is 3. The largest absolute Gasteiger partial charge is 0.309 e. The molecule has 0 spiro atoms. The van der Waals surface area contributed by atoms with Gasteiger partial charge in [0.1, 0.15) is 0 Å². The van der Waals surface area contributed by atoms with Crippen molar-refractivity contribution in [3.8, 4) is 0 Å². The number of nitrogens with zero attached hydrogens (tertiary/aromatic N) is 2. The predicted molar refractivity (Wildman–Crippen MR) is 69.7 cm³/mol. The maximum Gasteiger partial charge on any atom is 0.0537 e. The van der Waals surface area contributed by atoms with E-state index in [1.165, 1.54) is 30.6 Å². The van der Waals surface area contributed by atoms with Crippen LogP contribution in [-0.2, 0) is 7.05 Å². The van der Waals surface area contributed by atoms with Crippen LogP contribution < -0.4 is 5.32 Å². The van der Waals surface area contributed by atoms with Gasteiger partial charge in [-0.25, -0.2) is 0 Å². The van der Waals surface area contributed by atoms with Crippen LogP contribution in [-0.4, -0.2) is 27.3 Å². The zero-order valence-corrected chi connectivity index (χ0v) is 11.0. The van der Waals surface area contributed by atoms with Crippen LogP contribution in [0.1, 0.15) is 37.8 Å². The van der Waals surface area contributed by atoms with Gasteiger partial charge in [-0.3, -0.25) is 4.68 Å². The third kappa shape index (κ3) is 3.25. The topological polar surface area (TPSA) is 29.9 Å². The summed E-state index contributed by atoms with van der Waals surface area (Å²) in [6.45, 7) is 3.34. The Morgan fingerprint density at radius 3 is 3.12 bits per heavy atom. The summed E-state index contributed by atoms with van der Waals surface area (Å²) in [6.07, 6.45) is 8.22. The fourth-order valence-electron chi connectivity index (χ4n) is 2.06. The van der Waals surface area contributed by atoms with E-state index in [0.29, 0.717) is 6.04 Å². The number of hydrogen-bond donors (Lipinski definition) is 1. The summed E-state index contributed by atoms with van der Waals surface area (Å²) < 4.78 is 1.86. The van der Waals surface area contributed by atoms with Crippen molar-refractivity contribution >= 4 is 11.8 Å². The molecule has 2 rings (SSSR count). The summed E-state index contributed by atoms with van der Waals surface area (Å²) in [5.74, 6) is 1.34. The van der Waals surface area contributed by atoms with Crippen LogP contribution in [0.2, 0.25) is 0 Å². The molecule has 2 unspecified atom stereocenters. The molecule has 1 aliphatic heterocycles. The van der Waals surface area contributed by atoms with Gasteiger partial charge in [0.2, 0.25) is 0 Å². The van der Waals surface area contributed by atoms with E-state index in [1.807, 2.05) is 17.9 Å². The van der Waals surface area contributed by atoms with E-state index >= 15 is 0 Å². The predicted octanol–water partition coefficient (Wildman–Crippen LogP) is 2.36. The van der Waals surface area contributed by atoms with Crippen molar-refractivity contribution in [3.05, 3.63) is 18.0 Å². The molecule has 3 nitrogen and oxygen atoms in total. The molecule has 0 bridgehead atoms. The van der Waals surface area contributed by atoms with Crippen molar-refractivity contribution in [2.24, 2.45) is 7.05 Å². The Morgan fingerprint density at radius 1 is 1.62 bits per heavy atom. The van der Waals surface area contributed by atoms with Crippen LogP contribution in [0.25, 0.3) is 0 Å². The molecule has 4 heteroatoms. The van der Waals surface area contributed by atoms with Crippen molar-refractivity contribution < 1.29 is 0 Å². The summed E-state index contributed by atoms with van der Waals surface area (Å²) in [5, 5.41) is 8.62. The van der Waals surface area contributed by atoms with E-state index < -0.39 is 0 Å². The molecule has 1 aromatic heterocycles. The van der Waals surface area contributed by atoms with Crippen LogP contribution in [0.4, 0.5) is 0 Å². The first-order valence-electron chi connectivity index (χ1n) is 6.09. The summed E-state index contributed by atoms with van der Waals surface area (Å²) in [7, 11) is 1.97. The minimum atomic E-state index is 0.413. The van der Waals surface area contributed by atoms with E-state index in [0.717, 1.165) is 11.8 Å². The fourth-order valence-corrected chi connectivity index (χ4v) is 3.31. The van der Waals surface area contributed by atoms with Gasteiger partial charge >= 0.3 is 0 Å². The van der Waals surface area contributed by atoms with Crippen LogP contribution in [0.3, 0.4) is 0 Å². The van der Waals surface area contributed by atoms with Gasteiger partial charge < -0.3 is 5.32 Å². The van der Waals surface area contributed by atoms with Crippen LogP contribution in [0.5, 0.6) is 0 Å². The number of nitrogens with one attached hydrogen (secondary N) is 1. The Morgan fingerprint density at radius 2 is 2.50 bits per heavy atom. The molecule has 90 valence electrons. The number of rotatable bonds is 4. The highest BCUT2D eigenvalue weighted by molar-refractivity contribution is 7.99. The van der Waals surface area contributed by atoms with Gasteiger partial charge in [-0.2, -0.15) is 16.9 Å². The first-order valence-corrected chi connectivity index (χ1v) is 7.14. The van der Waals surface area contributed by atoms with Crippen molar-refractivity contribution in [3.63, 3.8) is 0 Å². The van der Waals surface area contributed by atoms with Gasteiger partial charge in [-0.1, -0.05) is 6.42 Å². The van der Waals surface area contributed by atoms with Gasteiger partial charge in [0.25, 0.3) is 0 Å². The highest BCUT2D eigenvalue weighted by Gasteiger charge is 2.15. The standard InChI is InChI=1S/C12H21N3S/c1-10(11-7-14-15(2)9-11)13-8-12-5-3-4-6-16-12/h7,9-10,12-13H,3-6,8H2,1-2H3. The average molecular weight is 239 g/mol. The molecule has 2 heterocycles. The highest BCUT2D eigenvalue weighted by atomic mass is 32.2. The molecule has 1 aromatic rings. The van der Waals surface area contributed by atoms with Crippen molar-refractivity contribution in [1.82, 2.24) is 15.1 Å². The maximum absolute atomic E-state index is 4.20. The Balaban J connectivity index is 1.76. The van der Waals surface area contributed by atoms with E-state index in [9.17, 15) is 0 Å². The minimum absolute atomic E-state index is 0.413. The number of aryl methyl sites for hydroxylation is 1. The minimum Gasteiger partial charge on any atom is -0.309 e. The lowest BCUT2D eigenvalue weighted by Crippen LogP contribution is -2.28. The molecule has 1 aliphatic rings. The summed E-state index contributed by atoms with van der Waals surface area (Å²) in [5.41, 5.74) is 1.28. The molecule has 16 heavy (non-hydrogen) atoms. The molecule has 2 atom stereocenters. The smallest absolute Gasteiger partial charge is 0.0537 e. The first kappa shape index (κ1) is 12.0. The Labute approximate surface area is 102 Å². The SMILES string of the molecule is CC(NCC1CCCCS1)c1cnn(C)c1. The molecule has 0 radical (unpaired) electrons. The second kappa shape index (κ2) is 5.73. The third-order valence-electron chi connectivity index (χ3n) is 3.15. The Bertz CT molecular complexity index is 318. The first-order chi connectivity index (χ1) is 7.75. The lowest BCUT2D eigenvalue weighted by Gasteiger charge is -2.23. The van der Waals surface area contributed by atoms with Crippen LogP contribution in [0, 0.1) is 0 Å². The molecular weight excluding hydrogens is 218 g/mol. The van der Waals surface area contributed by atoms with Crippen molar-refractivity contribution in [2.75, 3.05) is 12.3 Å². The third-order valence-corrected chi connectivity index (χ3v) is 4.55. The quantitative estimate of drug-likeness (QED) is 0.875. The maximum atomic E-state index is 4.20. The van der Waals surface area contributed by atoms with E-state index in [4.69, 9.17) is 0 Å². The lowest BCUT2D eigenvalue weighted by molar-refractivity contribution is 0.538. The normalized spacial score (nSPS) is 23.2. The number of thioether (sulfide) groups is 1. The molecule has 1 saturated heterocycles. The second-order valence-corrected chi connectivity index (χ2v) is 5.97. The van der Waals surface area contributed by atoms with Gasteiger partial charge in [-0.05, 0) is 25.5 Å². The van der Waals surface area contributed by atoms with E-state index in [2.05, 4.69) is 35.3 Å². The molecule has 0 aromatic carbocycles. The monoisotopic (exact) mass is 239 g/mol. The van der Waals surface area contributed by atoms with Crippen molar-refractivity contribution in [1.29, 1.82) is 0 Å². The molecule has 0 saturated carbocycles. The summed E-state index contributed by atoms with van der Waals surface area (Å²) in [6, 6.07) is 0.413. The van der Waals surface area contributed by atoms with Crippen molar-refractivity contribution in [2.45, 2.75) is 37.5 Å². The second-order valence-electron chi connectivity index (χ2n) is 4.57. The Kier molecular flexibility index (Phi) is 4.29. The molecule has 0 amide bonds. The van der Waals surface area contributed by atoms with Gasteiger partial charge in [-0.15, -0.1) is 0 Å². The zero-order chi connectivity index (χ0) is 11.4. The molecular formula is C12H21N3S. The van der Waals surface area contributed by atoms with Crippen LogP contribution >= 0.6 is 11.8 Å². The highest BCUT2D eigenvalue weighted by Crippen LogP contribution is 2.25. The van der Waals surface area contributed by atoms with Gasteiger partial charge in [0.15, 0.2) is 0 Å². The number of aromatic nitrogens is 2. The van der Waals surface area contributed by atoms with E-state index in [1.54, 1.807) is 0 Å². The average Bonchev–Trinajstić information content (AvgIpc) is 2.74. The van der Waals surface area contributed by atoms with Gasteiger partial charge in [0, 0.05) is 36.6 Å². The van der Waals surface area contributed by atoms with E-state index in [-0.39, 0.29) is 0 Å². The fraction of sp³-hybridized carbons (Fsp3) is 0.750. The summed E-state index contributed by atoms with van der Waals surface area (Å²) >= 11 is 2.12.